The lowest BCUT2D eigenvalue weighted by Gasteiger charge is -2.38. The second-order valence-electron chi connectivity index (χ2n) is 5.94. The van der Waals surface area contributed by atoms with Crippen molar-refractivity contribution in [3.8, 4) is 0 Å². The number of rotatable bonds is 4. The number of hydrogen-bond acceptors (Lipinski definition) is 4. The molecule has 2 aliphatic heterocycles. The van der Waals surface area contributed by atoms with Gasteiger partial charge in [-0.05, 0) is 12.3 Å². The first kappa shape index (κ1) is 15.3. The molecule has 20 heavy (non-hydrogen) atoms. The van der Waals surface area contributed by atoms with Gasteiger partial charge in [0, 0.05) is 19.6 Å². The van der Waals surface area contributed by atoms with Crippen molar-refractivity contribution in [3.63, 3.8) is 0 Å². The second-order valence-corrected chi connectivity index (χ2v) is 5.94. The standard InChI is InChI=1S/C14H25N3O3/c1-11(2)7-12-10-20-6-5-17(12)14(19)9-16-4-3-15-8-13(16)18/h11-12,15H,3-10H2,1-2H3/t12-/m0/s1. The van der Waals surface area contributed by atoms with Gasteiger partial charge >= 0.3 is 0 Å². The highest BCUT2D eigenvalue weighted by Gasteiger charge is 2.30. The summed E-state index contributed by atoms with van der Waals surface area (Å²) in [7, 11) is 0. The fourth-order valence-corrected chi connectivity index (χ4v) is 2.79. The van der Waals surface area contributed by atoms with E-state index in [1.807, 2.05) is 4.90 Å². The largest absolute Gasteiger partial charge is 0.377 e. The molecule has 2 amide bonds. The average Bonchev–Trinajstić information content (AvgIpc) is 2.41. The van der Waals surface area contributed by atoms with Gasteiger partial charge in [0.05, 0.1) is 32.3 Å². The molecule has 0 aliphatic carbocycles. The Morgan fingerprint density at radius 2 is 2.25 bits per heavy atom. The van der Waals surface area contributed by atoms with Gasteiger partial charge in [0.2, 0.25) is 11.8 Å². The van der Waals surface area contributed by atoms with Gasteiger partial charge in [0.1, 0.15) is 0 Å². The van der Waals surface area contributed by atoms with Crippen molar-refractivity contribution in [1.29, 1.82) is 0 Å². The predicted molar refractivity (Wildman–Crippen MR) is 75.2 cm³/mol. The molecular weight excluding hydrogens is 258 g/mol. The molecule has 2 heterocycles. The number of piperazine rings is 1. The lowest BCUT2D eigenvalue weighted by Crippen LogP contribution is -2.55. The Hall–Kier alpha value is -1.14. The van der Waals surface area contributed by atoms with E-state index in [9.17, 15) is 9.59 Å². The van der Waals surface area contributed by atoms with Gasteiger partial charge in [-0.1, -0.05) is 13.8 Å². The molecule has 0 unspecified atom stereocenters. The summed E-state index contributed by atoms with van der Waals surface area (Å²) >= 11 is 0. The Labute approximate surface area is 120 Å². The normalized spacial score (nSPS) is 24.4. The number of carbonyl (C=O) groups excluding carboxylic acids is 2. The molecule has 0 spiro atoms. The van der Waals surface area contributed by atoms with Crippen LogP contribution in [0.25, 0.3) is 0 Å². The number of carbonyl (C=O) groups is 2. The SMILES string of the molecule is CC(C)C[C@H]1COCCN1C(=O)CN1CCNCC1=O. The zero-order valence-electron chi connectivity index (χ0n) is 12.4. The average molecular weight is 283 g/mol. The minimum Gasteiger partial charge on any atom is -0.377 e. The van der Waals surface area contributed by atoms with Crippen LogP contribution in [0.15, 0.2) is 0 Å². The predicted octanol–water partition coefficient (Wildman–Crippen LogP) is -0.308. The molecule has 0 aromatic rings. The summed E-state index contributed by atoms with van der Waals surface area (Å²) in [5, 5.41) is 3.02. The van der Waals surface area contributed by atoms with Crippen LogP contribution in [0.4, 0.5) is 0 Å². The molecule has 0 aromatic heterocycles. The highest BCUT2D eigenvalue weighted by molar-refractivity contribution is 5.86. The first-order valence-corrected chi connectivity index (χ1v) is 7.43. The minimum atomic E-state index is 0.0123. The Morgan fingerprint density at radius 3 is 2.95 bits per heavy atom. The smallest absolute Gasteiger partial charge is 0.242 e. The fraction of sp³-hybridized carbons (Fsp3) is 0.857. The number of ether oxygens (including phenoxy) is 1. The van der Waals surface area contributed by atoms with E-state index in [0.29, 0.717) is 38.8 Å². The quantitative estimate of drug-likeness (QED) is 0.769. The lowest BCUT2D eigenvalue weighted by atomic mass is 10.0. The van der Waals surface area contributed by atoms with Crippen LogP contribution in [-0.2, 0) is 14.3 Å². The highest BCUT2D eigenvalue weighted by atomic mass is 16.5. The van der Waals surface area contributed by atoms with E-state index in [2.05, 4.69) is 19.2 Å². The summed E-state index contributed by atoms with van der Waals surface area (Å²) < 4.78 is 5.49. The maximum atomic E-state index is 12.5. The molecule has 0 radical (unpaired) electrons. The van der Waals surface area contributed by atoms with Crippen LogP contribution in [0.1, 0.15) is 20.3 Å². The molecule has 2 aliphatic rings. The van der Waals surface area contributed by atoms with Crippen molar-refractivity contribution >= 4 is 11.8 Å². The number of morpholine rings is 1. The van der Waals surface area contributed by atoms with Crippen molar-refractivity contribution in [1.82, 2.24) is 15.1 Å². The Morgan fingerprint density at radius 1 is 1.45 bits per heavy atom. The first-order chi connectivity index (χ1) is 9.58. The van der Waals surface area contributed by atoms with Gasteiger partial charge in [-0.25, -0.2) is 0 Å². The van der Waals surface area contributed by atoms with Crippen LogP contribution in [-0.4, -0.2) is 73.6 Å². The topological polar surface area (TPSA) is 61.9 Å². The van der Waals surface area contributed by atoms with Crippen LogP contribution < -0.4 is 5.32 Å². The van der Waals surface area contributed by atoms with Crippen LogP contribution in [0.2, 0.25) is 0 Å². The maximum Gasteiger partial charge on any atom is 0.242 e. The zero-order valence-corrected chi connectivity index (χ0v) is 12.4. The molecule has 1 N–H and O–H groups in total. The summed E-state index contributed by atoms with van der Waals surface area (Å²) in [4.78, 5) is 27.8. The summed E-state index contributed by atoms with van der Waals surface area (Å²) in [5.41, 5.74) is 0. The van der Waals surface area contributed by atoms with Gasteiger partial charge in [0.25, 0.3) is 0 Å². The molecule has 114 valence electrons. The van der Waals surface area contributed by atoms with Crippen molar-refractivity contribution in [2.75, 3.05) is 45.9 Å². The van der Waals surface area contributed by atoms with Crippen LogP contribution in [0.3, 0.4) is 0 Å². The van der Waals surface area contributed by atoms with Crippen molar-refractivity contribution in [2.45, 2.75) is 26.3 Å². The molecular formula is C14H25N3O3. The summed E-state index contributed by atoms with van der Waals surface area (Å²) in [6.07, 6.45) is 0.946. The summed E-state index contributed by atoms with van der Waals surface area (Å²) in [5.74, 6) is 0.588. The zero-order chi connectivity index (χ0) is 14.5. The monoisotopic (exact) mass is 283 g/mol. The van der Waals surface area contributed by atoms with E-state index in [1.165, 1.54) is 0 Å². The van der Waals surface area contributed by atoms with Gasteiger partial charge < -0.3 is 19.9 Å². The van der Waals surface area contributed by atoms with Gasteiger partial charge in [-0.15, -0.1) is 0 Å². The van der Waals surface area contributed by atoms with Crippen molar-refractivity contribution in [3.05, 3.63) is 0 Å². The van der Waals surface area contributed by atoms with Gasteiger partial charge in [0.15, 0.2) is 0 Å². The number of nitrogens with one attached hydrogen (secondary N) is 1. The third-order valence-corrected chi connectivity index (χ3v) is 3.80. The number of nitrogens with zero attached hydrogens (tertiary/aromatic N) is 2. The summed E-state index contributed by atoms with van der Waals surface area (Å²) in [6, 6.07) is 0.147. The molecule has 6 heteroatoms. The molecule has 0 aromatic carbocycles. The van der Waals surface area contributed by atoms with Crippen LogP contribution in [0, 0.1) is 5.92 Å². The van der Waals surface area contributed by atoms with Crippen LogP contribution in [0.5, 0.6) is 0 Å². The van der Waals surface area contributed by atoms with E-state index in [0.717, 1.165) is 13.0 Å². The maximum absolute atomic E-state index is 12.5. The van der Waals surface area contributed by atoms with E-state index < -0.39 is 0 Å². The van der Waals surface area contributed by atoms with Gasteiger partial charge in [-0.3, -0.25) is 9.59 Å². The summed E-state index contributed by atoms with van der Waals surface area (Å²) in [6.45, 7) is 8.06. The van der Waals surface area contributed by atoms with Crippen molar-refractivity contribution < 1.29 is 14.3 Å². The second kappa shape index (κ2) is 7.04. The Balaban J connectivity index is 1.93. The minimum absolute atomic E-state index is 0.0123. The highest BCUT2D eigenvalue weighted by Crippen LogP contribution is 2.16. The first-order valence-electron chi connectivity index (χ1n) is 7.43. The van der Waals surface area contributed by atoms with Gasteiger partial charge in [-0.2, -0.15) is 0 Å². The van der Waals surface area contributed by atoms with Crippen molar-refractivity contribution in [2.24, 2.45) is 5.92 Å². The molecule has 2 fully saturated rings. The van der Waals surface area contributed by atoms with Crippen LogP contribution >= 0.6 is 0 Å². The Kier molecular flexibility index (Phi) is 5.37. The lowest BCUT2D eigenvalue weighted by molar-refractivity contribution is -0.147. The Bertz CT molecular complexity index is 360. The molecule has 1 atom stereocenters. The molecule has 6 nitrogen and oxygen atoms in total. The molecule has 0 saturated carbocycles. The van der Waals surface area contributed by atoms with E-state index in [1.54, 1.807) is 4.90 Å². The number of amides is 2. The third kappa shape index (κ3) is 3.93. The molecule has 0 bridgehead atoms. The van der Waals surface area contributed by atoms with E-state index in [-0.39, 0.29) is 24.4 Å². The molecule has 2 saturated heterocycles. The van der Waals surface area contributed by atoms with E-state index >= 15 is 0 Å². The number of hydrogen-bond donors (Lipinski definition) is 1. The van der Waals surface area contributed by atoms with E-state index in [4.69, 9.17) is 4.74 Å². The fourth-order valence-electron chi connectivity index (χ4n) is 2.79. The third-order valence-electron chi connectivity index (χ3n) is 3.80. The molecule has 2 rings (SSSR count).